The highest BCUT2D eigenvalue weighted by molar-refractivity contribution is 9.10. The summed E-state index contributed by atoms with van der Waals surface area (Å²) in [5.41, 5.74) is 5.12. The van der Waals surface area contributed by atoms with E-state index in [0.29, 0.717) is 4.47 Å². The molecule has 0 radical (unpaired) electrons. The van der Waals surface area contributed by atoms with E-state index in [1.807, 2.05) is 0 Å². The third-order valence-electron chi connectivity index (χ3n) is 2.68. The number of aliphatic carboxylic acids is 1. The van der Waals surface area contributed by atoms with Gasteiger partial charge in [0.25, 0.3) is 0 Å². The molecule has 0 unspecified atom stereocenters. The van der Waals surface area contributed by atoms with Crippen LogP contribution in [0.3, 0.4) is 0 Å². The van der Waals surface area contributed by atoms with Gasteiger partial charge in [-0.1, -0.05) is 29.8 Å². The number of hydrogen-bond acceptors (Lipinski definition) is 4. The molecule has 0 heterocycles. The Morgan fingerprint density at radius 1 is 1.29 bits per heavy atom. The number of carboxylic acids is 1. The van der Waals surface area contributed by atoms with E-state index in [9.17, 15) is 18.0 Å². The van der Waals surface area contributed by atoms with Crippen LogP contribution in [0.1, 0.15) is 24.2 Å². The number of sulfonamides is 1. The third-order valence-corrected chi connectivity index (χ3v) is 4.56. The van der Waals surface area contributed by atoms with Gasteiger partial charge in [-0.3, -0.25) is 9.59 Å². The van der Waals surface area contributed by atoms with Crippen LogP contribution in [0, 0.1) is 5.92 Å². The number of nitrogens with one attached hydrogen (secondary N) is 1. The van der Waals surface area contributed by atoms with Gasteiger partial charge in [0, 0.05) is 10.0 Å². The van der Waals surface area contributed by atoms with Gasteiger partial charge in [0.2, 0.25) is 15.9 Å². The van der Waals surface area contributed by atoms with Gasteiger partial charge in [-0.15, -0.1) is 0 Å². The van der Waals surface area contributed by atoms with Crippen molar-refractivity contribution in [3.8, 4) is 0 Å². The van der Waals surface area contributed by atoms with Crippen LogP contribution in [0.4, 0.5) is 0 Å². The smallest absolute Gasteiger partial charge is 0.322 e. The van der Waals surface area contributed by atoms with E-state index in [1.165, 1.54) is 12.1 Å². The van der Waals surface area contributed by atoms with E-state index in [2.05, 4.69) is 20.7 Å². The number of rotatable bonds is 6. The Bertz CT molecular complexity index is 672. The van der Waals surface area contributed by atoms with Crippen molar-refractivity contribution in [1.29, 1.82) is 0 Å². The van der Waals surface area contributed by atoms with E-state index in [4.69, 9.17) is 10.8 Å². The summed E-state index contributed by atoms with van der Waals surface area (Å²) < 4.78 is 26.9. The van der Waals surface area contributed by atoms with Crippen LogP contribution < -0.4 is 10.5 Å². The van der Waals surface area contributed by atoms with Crippen molar-refractivity contribution in [3.63, 3.8) is 0 Å². The number of amides is 1. The number of hydrogen-bond donors (Lipinski definition) is 3. The molecule has 0 aliphatic rings. The fourth-order valence-corrected chi connectivity index (χ4v) is 3.62. The van der Waals surface area contributed by atoms with E-state index < -0.39 is 33.9 Å². The molecule has 0 aromatic heterocycles. The number of nitrogens with two attached hydrogens (primary N) is 1. The molecule has 21 heavy (non-hydrogen) atoms. The van der Waals surface area contributed by atoms with Gasteiger partial charge in [-0.25, -0.2) is 8.42 Å². The predicted molar refractivity (Wildman–Crippen MR) is 79.2 cm³/mol. The molecule has 0 aliphatic heterocycles. The normalized spacial score (nSPS) is 13.1. The number of halogens is 1. The van der Waals surface area contributed by atoms with Crippen molar-refractivity contribution < 1.29 is 23.1 Å². The summed E-state index contributed by atoms with van der Waals surface area (Å²) in [6, 6.07) is 2.45. The first-order valence-electron chi connectivity index (χ1n) is 5.90. The highest BCUT2D eigenvalue weighted by atomic mass is 79.9. The predicted octanol–water partition coefficient (Wildman–Crippen LogP) is 0.936. The molecule has 116 valence electrons. The maximum absolute atomic E-state index is 12.2. The Hall–Kier alpha value is -1.45. The first kappa shape index (κ1) is 17.6. The molecule has 0 fully saturated rings. The largest absolute Gasteiger partial charge is 0.480 e. The summed E-state index contributed by atoms with van der Waals surface area (Å²) >= 11 is 3.08. The van der Waals surface area contributed by atoms with Crippen LogP contribution in [-0.4, -0.2) is 31.4 Å². The van der Waals surface area contributed by atoms with E-state index in [0.717, 1.165) is 6.07 Å². The molecule has 9 heteroatoms. The molecule has 0 aliphatic carbocycles. The maximum atomic E-state index is 12.2. The van der Waals surface area contributed by atoms with Crippen LogP contribution in [0.5, 0.6) is 0 Å². The zero-order chi connectivity index (χ0) is 16.4. The number of benzene rings is 1. The van der Waals surface area contributed by atoms with E-state index in [1.54, 1.807) is 13.8 Å². The van der Waals surface area contributed by atoms with Gasteiger partial charge in [-0.2, -0.15) is 4.72 Å². The molecule has 0 spiro atoms. The summed E-state index contributed by atoms with van der Waals surface area (Å²) in [4.78, 5) is 22.0. The molecule has 1 atom stereocenters. The molecule has 0 bridgehead atoms. The Kier molecular flexibility index (Phi) is 5.48. The third kappa shape index (κ3) is 4.51. The average molecular weight is 379 g/mol. The SMILES string of the molecule is CC(C)[C@@H](NS(=O)(=O)c1cc(Br)cc(C(N)=O)c1)C(=O)O. The van der Waals surface area contributed by atoms with Gasteiger partial charge in [0.1, 0.15) is 6.04 Å². The Labute approximate surface area is 130 Å². The molecule has 1 rings (SSSR count). The van der Waals surface area contributed by atoms with Crippen molar-refractivity contribution >= 4 is 37.8 Å². The second-order valence-electron chi connectivity index (χ2n) is 4.72. The number of carbonyl (C=O) groups excluding carboxylic acids is 1. The number of primary amides is 1. The molecule has 4 N–H and O–H groups in total. The van der Waals surface area contributed by atoms with Gasteiger partial charge >= 0.3 is 5.97 Å². The molecule has 1 aromatic carbocycles. The second-order valence-corrected chi connectivity index (χ2v) is 7.35. The molecule has 0 saturated heterocycles. The zero-order valence-electron chi connectivity index (χ0n) is 11.3. The van der Waals surface area contributed by atoms with Crippen molar-refractivity contribution in [2.24, 2.45) is 11.7 Å². The van der Waals surface area contributed by atoms with Crippen molar-refractivity contribution in [1.82, 2.24) is 4.72 Å². The molecule has 1 amide bonds. The average Bonchev–Trinajstić information content (AvgIpc) is 2.34. The standard InChI is InChI=1S/C12H15BrN2O5S/c1-6(2)10(12(17)18)15-21(19,20)9-4-7(11(14)16)3-8(13)5-9/h3-6,10,15H,1-2H3,(H2,14,16)(H,17,18)/t10-/m1/s1. The summed E-state index contributed by atoms with van der Waals surface area (Å²) in [5, 5.41) is 9.04. The zero-order valence-corrected chi connectivity index (χ0v) is 13.7. The Morgan fingerprint density at radius 2 is 1.86 bits per heavy atom. The fourth-order valence-electron chi connectivity index (χ4n) is 1.57. The van der Waals surface area contributed by atoms with E-state index in [-0.39, 0.29) is 10.5 Å². The fraction of sp³-hybridized carbons (Fsp3) is 0.333. The lowest BCUT2D eigenvalue weighted by molar-refractivity contribution is -0.140. The molecule has 0 saturated carbocycles. The van der Waals surface area contributed by atoms with Crippen LogP contribution in [-0.2, 0) is 14.8 Å². The second kappa shape index (κ2) is 6.54. The van der Waals surface area contributed by atoms with Gasteiger partial charge < -0.3 is 10.8 Å². The van der Waals surface area contributed by atoms with Crippen molar-refractivity contribution in [2.75, 3.05) is 0 Å². The van der Waals surface area contributed by atoms with Gasteiger partial charge in [0.05, 0.1) is 4.90 Å². The van der Waals surface area contributed by atoms with Gasteiger partial charge in [-0.05, 0) is 24.1 Å². The maximum Gasteiger partial charge on any atom is 0.322 e. The van der Waals surface area contributed by atoms with Crippen LogP contribution in [0.15, 0.2) is 27.6 Å². The monoisotopic (exact) mass is 378 g/mol. The number of carbonyl (C=O) groups is 2. The van der Waals surface area contributed by atoms with Crippen molar-refractivity contribution in [2.45, 2.75) is 24.8 Å². The minimum absolute atomic E-state index is 0.00109. The van der Waals surface area contributed by atoms with E-state index >= 15 is 0 Å². The lowest BCUT2D eigenvalue weighted by Crippen LogP contribution is -2.44. The lowest BCUT2D eigenvalue weighted by Gasteiger charge is -2.18. The highest BCUT2D eigenvalue weighted by Crippen LogP contribution is 2.20. The van der Waals surface area contributed by atoms with Crippen LogP contribution in [0.25, 0.3) is 0 Å². The first-order chi connectivity index (χ1) is 9.54. The van der Waals surface area contributed by atoms with Crippen LogP contribution >= 0.6 is 15.9 Å². The topological polar surface area (TPSA) is 127 Å². The van der Waals surface area contributed by atoms with Gasteiger partial charge in [0.15, 0.2) is 0 Å². The van der Waals surface area contributed by atoms with Crippen molar-refractivity contribution in [3.05, 3.63) is 28.2 Å². The van der Waals surface area contributed by atoms with Crippen LogP contribution in [0.2, 0.25) is 0 Å². The summed E-state index contributed by atoms with van der Waals surface area (Å²) in [6.45, 7) is 3.16. The number of carboxylic acid groups (broad SMARTS) is 1. The molecule has 1 aromatic rings. The first-order valence-corrected chi connectivity index (χ1v) is 8.17. The highest BCUT2D eigenvalue weighted by Gasteiger charge is 2.28. The minimum atomic E-state index is -4.10. The summed E-state index contributed by atoms with van der Waals surface area (Å²) in [7, 11) is -4.10. The summed E-state index contributed by atoms with van der Waals surface area (Å²) in [5.74, 6) is -2.51. The lowest BCUT2D eigenvalue weighted by atomic mass is 10.1. The Morgan fingerprint density at radius 3 is 2.29 bits per heavy atom. The molecule has 7 nitrogen and oxygen atoms in total. The Balaban J connectivity index is 3.25. The molecular formula is C12H15BrN2O5S. The quantitative estimate of drug-likeness (QED) is 0.678. The summed E-state index contributed by atoms with van der Waals surface area (Å²) in [6.07, 6.45) is 0. The minimum Gasteiger partial charge on any atom is -0.480 e. The molecular weight excluding hydrogens is 364 g/mol.